The van der Waals surface area contributed by atoms with Crippen LogP contribution in [-0.4, -0.2) is 32.3 Å². The maximum atomic E-state index is 12.2. The number of benzene rings is 1. The first-order valence-corrected chi connectivity index (χ1v) is 7.20. The lowest BCUT2D eigenvalue weighted by atomic mass is 9.99. The van der Waals surface area contributed by atoms with Crippen molar-refractivity contribution in [2.75, 3.05) is 26.4 Å². The topological polar surface area (TPSA) is 59.6 Å². The molecule has 1 aromatic rings. The van der Waals surface area contributed by atoms with Gasteiger partial charge >= 0.3 is 0 Å². The lowest BCUT2D eigenvalue weighted by molar-refractivity contribution is 0.0944. The Balaban J connectivity index is 0.00000161. The van der Waals surface area contributed by atoms with Crippen molar-refractivity contribution in [3.63, 3.8) is 0 Å². The molecule has 1 fully saturated rings. The first-order valence-electron chi connectivity index (χ1n) is 6.82. The van der Waals surface area contributed by atoms with Crippen molar-refractivity contribution in [1.82, 2.24) is 10.6 Å². The molecule has 0 aliphatic carbocycles. The Kier molecular flexibility index (Phi) is 5.56. The molecule has 21 heavy (non-hydrogen) atoms. The van der Waals surface area contributed by atoms with Gasteiger partial charge < -0.3 is 20.1 Å². The van der Waals surface area contributed by atoms with Crippen LogP contribution < -0.4 is 20.1 Å². The highest BCUT2D eigenvalue weighted by atomic mass is 35.5. The third-order valence-corrected chi connectivity index (χ3v) is 3.92. The van der Waals surface area contributed by atoms with E-state index in [0.29, 0.717) is 34.5 Å². The Morgan fingerprint density at radius 1 is 1.43 bits per heavy atom. The molecule has 1 amide bonds. The Morgan fingerprint density at radius 2 is 2.29 bits per heavy atom. The number of amides is 1. The number of fused-ring (bicyclic) bond motifs is 1. The highest BCUT2D eigenvalue weighted by Crippen LogP contribution is 2.39. The molecule has 116 valence electrons. The van der Waals surface area contributed by atoms with Crippen LogP contribution in [0.25, 0.3) is 0 Å². The predicted molar refractivity (Wildman–Crippen MR) is 82.7 cm³/mol. The van der Waals surface area contributed by atoms with Gasteiger partial charge in [-0.15, -0.1) is 12.4 Å². The van der Waals surface area contributed by atoms with Crippen molar-refractivity contribution in [2.45, 2.75) is 12.8 Å². The summed E-state index contributed by atoms with van der Waals surface area (Å²) in [5.41, 5.74) is 0.503. The van der Waals surface area contributed by atoms with E-state index in [1.165, 1.54) is 0 Å². The number of ether oxygens (including phenoxy) is 2. The number of carbonyl (C=O) groups excluding carboxylic acids is 1. The van der Waals surface area contributed by atoms with Gasteiger partial charge in [-0.3, -0.25) is 4.79 Å². The van der Waals surface area contributed by atoms with Crippen LogP contribution in [0.15, 0.2) is 12.1 Å². The van der Waals surface area contributed by atoms with Gasteiger partial charge in [0.1, 0.15) is 0 Å². The van der Waals surface area contributed by atoms with E-state index in [9.17, 15) is 4.79 Å². The molecule has 0 bridgehead atoms. The molecule has 0 spiro atoms. The van der Waals surface area contributed by atoms with E-state index in [1.807, 2.05) is 0 Å². The molecule has 1 saturated heterocycles. The monoisotopic (exact) mass is 332 g/mol. The second-order valence-corrected chi connectivity index (χ2v) is 5.52. The van der Waals surface area contributed by atoms with E-state index in [2.05, 4.69) is 10.6 Å². The Labute approximate surface area is 134 Å². The van der Waals surface area contributed by atoms with Gasteiger partial charge in [0.05, 0.1) is 5.02 Å². The summed E-state index contributed by atoms with van der Waals surface area (Å²) in [5, 5.41) is 6.69. The minimum Gasteiger partial charge on any atom is -0.454 e. The van der Waals surface area contributed by atoms with Gasteiger partial charge in [-0.25, -0.2) is 0 Å². The second-order valence-electron chi connectivity index (χ2n) is 5.11. The normalized spacial score (nSPS) is 19.8. The molecule has 2 aliphatic heterocycles. The van der Waals surface area contributed by atoms with Crippen LogP contribution in [0, 0.1) is 5.92 Å². The number of hydrogen-bond donors (Lipinski definition) is 2. The molecule has 0 saturated carbocycles. The van der Waals surface area contributed by atoms with Crippen molar-refractivity contribution in [3.8, 4) is 11.5 Å². The summed E-state index contributed by atoms with van der Waals surface area (Å²) < 4.78 is 10.5. The molecule has 5 nitrogen and oxygen atoms in total. The Morgan fingerprint density at radius 3 is 3.05 bits per heavy atom. The summed E-state index contributed by atoms with van der Waals surface area (Å²) in [6.07, 6.45) is 2.31. The zero-order valence-corrected chi connectivity index (χ0v) is 13.1. The van der Waals surface area contributed by atoms with Crippen molar-refractivity contribution in [2.24, 2.45) is 5.92 Å². The largest absolute Gasteiger partial charge is 0.454 e. The lowest BCUT2D eigenvalue weighted by Crippen LogP contribution is -2.38. The summed E-state index contributed by atoms with van der Waals surface area (Å²) in [6.45, 7) is 2.86. The van der Waals surface area contributed by atoms with Crippen LogP contribution in [0.4, 0.5) is 0 Å². The van der Waals surface area contributed by atoms with Gasteiger partial charge in [0.2, 0.25) is 6.79 Å². The lowest BCUT2D eigenvalue weighted by Gasteiger charge is -2.22. The van der Waals surface area contributed by atoms with Gasteiger partial charge in [-0.2, -0.15) is 0 Å². The number of halogens is 2. The smallest absolute Gasteiger partial charge is 0.251 e. The zero-order valence-electron chi connectivity index (χ0n) is 11.5. The molecule has 2 heterocycles. The highest BCUT2D eigenvalue weighted by Gasteiger charge is 2.21. The van der Waals surface area contributed by atoms with Crippen molar-refractivity contribution >= 4 is 29.9 Å². The zero-order chi connectivity index (χ0) is 13.9. The first-order chi connectivity index (χ1) is 9.74. The van der Waals surface area contributed by atoms with Crippen LogP contribution in [0.5, 0.6) is 11.5 Å². The van der Waals surface area contributed by atoms with E-state index in [1.54, 1.807) is 12.1 Å². The molecular weight excluding hydrogens is 315 g/mol. The number of hydrogen-bond acceptors (Lipinski definition) is 4. The fraction of sp³-hybridized carbons (Fsp3) is 0.500. The van der Waals surface area contributed by atoms with Crippen molar-refractivity contribution in [1.29, 1.82) is 0 Å². The van der Waals surface area contributed by atoms with E-state index >= 15 is 0 Å². The van der Waals surface area contributed by atoms with E-state index in [0.717, 1.165) is 25.9 Å². The summed E-state index contributed by atoms with van der Waals surface area (Å²) >= 11 is 6.07. The van der Waals surface area contributed by atoms with Crippen LogP contribution in [0.3, 0.4) is 0 Å². The molecule has 7 heteroatoms. The number of carbonyl (C=O) groups is 1. The van der Waals surface area contributed by atoms with Crippen molar-refractivity contribution < 1.29 is 14.3 Å². The molecule has 2 N–H and O–H groups in total. The summed E-state index contributed by atoms with van der Waals surface area (Å²) in [5.74, 6) is 1.41. The minimum absolute atomic E-state index is 0. The third-order valence-electron chi connectivity index (χ3n) is 3.64. The molecular formula is C14H18Cl2N2O3. The molecule has 1 aromatic carbocycles. The Bertz CT molecular complexity index is 519. The molecule has 0 radical (unpaired) electrons. The van der Waals surface area contributed by atoms with Crippen molar-refractivity contribution in [3.05, 3.63) is 22.7 Å². The van der Waals surface area contributed by atoms with Gasteiger partial charge in [0.25, 0.3) is 5.91 Å². The SMILES string of the molecule is Cl.O=C(NCC1CCCNC1)c1cc(Cl)c2c(c1)OCO2. The number of nitrogens with one attached hydrogen (secondary N) is 2. The van der Waals surface area contributed by atoms with E-state index in [4.69, 9.17) is 21.1 Å². The van der Waals surface area contributed by atoms with E-state index in [-0.39, 0.29) is 25.1 Å². The summed E-state index contributed by atoms with van der Waals surface area (Å²) in [7, 11) is 0. The Hall–Kier alpha value is -1.17. The average molecular weight is 333 g/mol. The van der Waals surface area contributed by atoms with Gasteiger partial charge in [-0.05, 0) is 44.0 Å². The summed E-state index contributed by atoms with van der Waals surface area (Å²) in [4.78, 5) is 12.2. The highest BCUT2D eigenvalue weighted by molar-refractivity contribution is 6.32. The maximum Gasteiger partial charge on any atom is 0.251 e. The second kappa shape index (κ2) is 7.20. The molecule has 0 aromatic heterocycles. The number of piperidine rings is 1. The van der Waals surface area contributed by atoms with Gasteiger partial charge in [0, 0.05) is 12.1 Å². The van der Waals surface area contributed by atoms with E-state index < -0.39 is 0 Å². The third kappa shape index (κ3) is 3.73. The van der Waals surface area contributed by atoms with Gasteiger partial charge in [0.15, 0.2) is 11.5 Å². The standard InChI is InChI=1S/C14H17ClN2O3.ClH/c15-11-4-10(5-12-13(11)20-8-19-12)14(18)17-7-9-2-1-3-16-6-9;/h4-5,9,16H,1-3,6-8H2,(H,17,18);1H. The fourth-order valence-electron chi connectivity index (χ4n) is 2.54. The maximum absolute atomic E-state index is 12.2. The molecule has 1 atom stereocenters. The number of rotatable bonds is 3. The fourth-order valence-corrected chi connectivity index (χ4v) is 2.80. The molecule has 3 rings (SSSR count). The quantitative estimate of drug-likeness (QED) is 0.891. The summed E-state index contributed by atoms with van der Waals surface area (Å²) in [6, 6.07) is 3.28. The van der Waals surface area contributed by atoms with Crippen LogP contribution in [0.2, 0.25) is 5.02 Å². The minimum atomic E-state index is -0.129. The predicted octanol–water partition coefficient (Wildman–Crippen LogP) is 2.22. The first kappa shape index (κ1) is 16.2. The van der Waals surface area contributed by atoms with Crippen LogP contribution in [-0.2, 0) is 0 Å². The molecule has 1 unspecified atom stereocenters. The molecule has 2 aliphatic rings. The average Bonchev–Trinajstić information content (AvgIpc) is 2.95. The van der Waals surface area contributed by atoms with Gasteiger partial charge in [-0.1, -0.05) is 11.6 Å². The van der Waals surface area contributed by atoms with Crippen LogP contribution >= 0.6 is 24.0 Å². The van der Waals surface area contributed by atoms with Crippen LogP contribution in [0.1, 0.15) is 23.2 Å².